The number of ether oxygens (including phenoxy) is 1. The molecule has 2 saturated heterocycles. The van der Waals surface area contributed by atoms with E-state index in [2.05, 4.69) is 25.2 Å². The second-order valence-electron chi connectivity index (χ2n) is 11.6. The van der Waals surface area contributed by atoms with Gasteiger partial charge >= 0.3 is 6.09 Å². The monoisotopic (exact) mass is 542 g/mol. The second-order valence-corrected chi connectivity index (χ2v) is 11.6. The Bertz CT molecular complexity index is 1400. The SMILES string of the molecule is Cc1nc(NC(C)c2cccc(C(F)F)c2F)c2cc(N3CCC4(CN(C(=O)OC(C)(C)C)C4)C3)ncc2n1. The summed E-state index contributed by atoms with van der Waals surface area (Å²) in [5.41, 5.74) is -0.401. The highest BCUT2D eigenvalue weighted by Crippen LogP contribution is 2.42. The number of nitrogens with one attached hydrogen (secondary N) is 1. The van der Waals surface area contributed by atoms with Crippen molar-refractivity contribution in [2.24, 2.45) is 5.41 Å². The molecule has 1 atom stereocenters. The topological polar surface area (TPSA) is 83.5 Å². The third-order valence-electron chi connectivity index (χ3n) is 7.26. The molecule has 8 nitrogen and oxygen atoms in total. The maximum atomic E-state index is 14.8. The average molecular weight is 543 g/mol. The summed E-state index contributed by atoms with van der Waals surface area (Å²) >= 11 is 0. The molecule has 208 valence electrons. The Morgan fingerprint density at radius 1 is 1.15 bits per heavy atom. The van der Waals surface area contributed by atoms with Crippen LogP contribution in [-0.2, 0) is 4.74 Å². The Balaban J connectivity index is 1.35. The van der Waals surface area contributed by atoms with Crippen LogP contribution in [0.2, 0.25) is 0 Å². The summed E-state index contributed by atoms with van der Waals surface area (Å²) < 4.78 is 46.8. The van der Waals surface area contributed by atoms with Gasteiger partial charge in [-0.3, -0.25) is 0 Å². The number of carbonyl (C=O) groups is 1. The lowest BCUT2D eigenvalue weighted by atomic mass is 9.79. The van der Waals surface area contributed by atoms with Crippen molar-refractivity contribution in [3.63, 3.8) is 0 Å². The number of rotatable bonds is 5. The summed E-state index contributed by atoms with van der Waals surface area (Å²) in [6, 6.07) is 5.29. The minimum Gasteiger partial charge on any atom is -0.444 e. The Morgan fingerprint density at radius 3 is 2.56 bits per heavy atom. The van der Waals surface area contributed by atoms with Crippen LogP contribution in [0.5, 0.6) is 0 Å². The maximum Gasteiger partial charge on any atom is 0.410 e. The van der Waals surface area contributed by atoms with Crippen LogP contribution >= 0.6 is 0 Å². The number of halogens is 3. The molecule has 1 aromatic carbocycles. The van der Waals surface area contributed by atoms with Crippen LogP contribution in [0, 0.1) is 18.2 Å². The number of nitrogens with zero attached hydrogens (tertiary/aromatic N) is 5. The summed E-state index contributed by atoms with van der Waals surface area (Å²) in [6.45, 7) is 11.8. The molecule has 0 bridgehead atoms. The molecule has 0 radical (unpaired) electrons. The summed E-state index contributed by atoms with van der Waals surface area (Å²) in [6.07, 6.45) is -0.573. The Labute approximate surface area is 225 Å². The number of fused-ring (bicyclic) bond motifs is 1. The second kappa shape index (κ2) is 9.84. The molecule has 2 aliphatic rings. The highest BCUT2D eigenvalue weighted by molar-refractivity contribution is 5.90. The van der Waals surface area contributed by atoms with Gasteiger partial charge in [0, 0.05) is 42.5 Å². The van der Waals surface area contributed by atoms with E-state index in [-0.39, 0.29) is 17.1 Å². The maximum absolute atomic E-state index is 14.8. The first-order valence-corrected chi connectivity index (χ1v) is 13.0. The number of aryl methyl sites for hydroxylation is 1. The number of carbonyl (C=O) groups excluding carboxylic acids is 1. The van der Waals surface area contributed by atoms with Crippen molar-refractivity contribution in [3.8, 4) is 0 Å². The largest absolute Gasteiger partial charge is 0.444 e. The van der Waals surface area contributed by atoms with E-state index in [4.69, 9.17) is 4.74 Å². The lowest BCUT2D eigenvalue weighted by Crippen LogP contribution is -2.60. The highest BCUT2D eigenvalue weighted by atomic mass is 19.3. The average Bonchev–Trinajstić information content (AvgIpc) is 3.27. The minimum atomic E-state index is -2.90. The molecular formula is C28H33F3N6O2. The Hall–Kier alpha value is -3.63. The van der Waals surface area contributed by atoms with Crippen LogP contribution in [0.15, 0.2) is 30.5 Å². The molecule has 1 spiro atoms. The van der Waals surface area contributed by atoms with Crippen molar-refractivity contribution in [1.82, 2.24) is 19.9 Å². The number of amides is 1. The summed E-state index contributed by atoms with van der Waals surface area (Å²) in [5.74, 6) is 0.812. The fourth-order valence-electron chi connectivity index (χ4n) is 5.38. The van der Waals surface area contributed by atoms with E-state index in [0.717, 1.165) is 31.4 Å². The normalized spacial score (nSPS) is 17.6. The number of hydrogen-bond donors (Lipinski definition) is 1. The number of pyridine rings is 1. The van der Waals surface area contributed by atoms with Crippen LogP contribution in [0.4, 0.5) is 29.6 Å². The van der Waals surface area contributed by atoms with Crippen LogP contribution in [0.3, 0.4) is 0 Å². The van der Waals surface area contributed by atoms with Gasteiger partial charge in [-0.05, 0) is 47.1 Å². The lowest BCUT2D eigenvalue weighted by molar-refractivity contribution is -0.0266. The summed E-state index contributed by atoms with van der Waals surface area (Å²) in [5, 5.41) is 3.90. The van der Waals surface area contributed by atoms with Crippen LogP contribution in [0.1, 0.15) is 63.5 Å². The Morgan fingerprint density at radius 2 is 1.87 bits per heavy atom. The van der Waals surface area contributed by atoms with Crippen molar-refractivity contribution in [1.29, 1.82) is 0 Å². The Kier molecular flexibility index (Phi) is 6.80. The molecule has 4 heterocycles. The molecule has 0 saturated carbocycles. The fraction of sp³-hybridized carbons (Fsp3) is 0.500. The number of aromatic nitrogens is 3. The molecule has 1 unspecified atom stereocenters. The molecule has 2 aromatic heterocycles. The molecule has 0 aliphatic carbocycles. The number of benzene rings is 1. The van der Waals surface area contributed by atoms with Gasteiger partial charge in [-0.15, -0.1) is 0 Å². The van der Waals surface area contributed by atoms with E-state index in [9.17, 15) is 18.0 Å². The van der Waals surface area contributed by atoms with Gasteiger partial charge in [0.05, 0.1) is 23.3 Å². The number of hydrogen-bond acceptors (Lipinski definition) is 7. The van der Waals surface area contributed by atoms with Gasteiger partial charge in [-0.25, -0.2) is 32.9 Å². The molecular weight excluding hydrogens is 509 g/mol. The van der Waals surface area contributed by atoms with E-state index in [1.54, 1.807) is 24.9 Å². The van der Waals surface area contributed by atoms with E-state index in [1.165, 1.54) is 12.1 Å². The molecule has 1 amide bonds. The predicted octanol–water partition coefficient (Wildman–Crippen LogP) is 6.03. The molecule has 11 heteroatoms. The number of likely N-dealkylation sites (tertiary alicyclic amines) is 1. The highest BCUT2D eigenvalue weighted by Gasteiger charge is 2.50. The van der Waals surface area contributed by atoms with Gasteiger partial charge in [-0.2, -0.15) is 0 Å². The van der Waals surface area contributed by atoms with Gasteiger partial charge in [0.1, 0.15) is 28.9 Å². The third-order valence-corrected chi connectivity index (χ3v) is 7.26. The lowest BCUT2D eigenvalue weighted by Gasteiger charge is -2.47. The molecule has 39 heavy (non-hydrogen) atoms. The van der Waals surface area contributed by atoms with Crippen molar-refractivity contribution >= 4 is 28.6 Å². The molecule has 2 aliphatic heterocycles. The van der Waals surface area contributed by atoms with Crippen molar-refractivity contribution in [2.75, 3.05) is 36.4 Å². The van der Waals surface area contributed by atoms with E-state index < -0.39 is 29.4 Å². The first-order chi connectivity index (χ1) is 18.3. The van der Waals surface area contributed by atoms with Gasteiger partial charge < -0.3 is 19.9 Å². The van der Waals surface area contributed by atoms with Gasteiger partial charge in [-0.1, -0.05) is 18.2 Å². The molecule has 2 fully saturated rings. The standard InChI is InChI=1S/C28H33F3N6O2/c1-16(18-7-6-8-19(23(18)29)24(30)31)33-25-20-11-22(32-12-21(20)34-17(2)35-25)36-10-9-28(13-36)14-37(15-28)26(38)39-27(3,4)5/h6-8,11-12,16,24H,9-10,13-15H2,1-5H3,(H,33,34,35). The van der Waals surface area contributed by atoms with Crippen LogP contribution in [0.25, 0.3) is 10.9 Å². The molecule has 5 rings (SSSR count). The number of anilines is 2. The van der Waals surface area contributed by atoms with E-state index >= 15 is 0 Å². The first kappa shape index (κ1) is 27.0. The van der Waals surface area contributed by atoms with Crippen molar-refractivity contribution < 1.29 is 22.7 Å². The van der Waals surface area contributed by atoms with Crippen LogP contribution in [-0.4, -0.2) is 57.7 Å². The molecule has 1 N–H and O–H groups in total. The van der Waals surface area contributed by atoms with Gasteiger partial charge in [0.15, 0.2) is 0 Å². The zero-order chi connectivity index (χ0) is 28.1. The smallest absolute Gasteiger partial charge is 0.410 e. The molecule has 3 aromatic rings. The van der Waals surface area contributed by atoms with Crippen LogP contribution < -0.4 is 10.2 Å². The van der Waals surface area contributed by atoms with E-state index in [1.807, 2.05) is 26.8 Å². The third kappa shape index (κ3) is 5.44. The zero-order valence-corrected chi connectivity index (χ0v) is 22.8. The van der Waals surface area contributed by atoms with Crippen molar-refractivity contribution in [2.45, 2.75) is 59.1 Å². The minimum absolute atomic E-state index is 0.000154. The quantitative estimate of drug-likeness (QED) is 0.422. The van der Waals surface area contributed by atoms with Crippen molar-refractivity contribution in [3.05, 3.63) is 53.2 Å². The first-order valence-electron chi connectivity index (χ1n) is 13.0. The fourth-order valence-corrected chi connectivity index (χ4v) is 5.38. The van der Waals surface area contributed by atoms with Gasteiger partial charge in [0.25, 0.3) is 6.43 Å². The van der Waals surface area contributed by atoms with Gasteiger partial charge in [0.2, 0.25) is 0 Å². The summed E-state index contributed by atoms with van der Waals surface area (Å²) in [4.78, 5) is 30.0. The predicted molar refractivity (Wildman–Crippen MR) is 143 cm³/mol. The number of alkyl halides is 2. The summed E-state index contributed by atoms with van der Waals surface area (Å²) in [7, 11) is 0. The zero-order valence-electron chi connectivity index (χ0n) is 22.8. The van der Waals surface area contributed by atoms with E-state index in [0.29, 0.717) is 35.6 Å².